The van der Waals surface area contributed by atoms with Crippen molar-refractivity contribution < 1.29 is 14.6 Å². The SMILES string of the molecule is COc1cccc(/C=C/C(=O)c2nc3ccccc3n2CCCO)c1. The van der Waals surface area contributed by atoms with Crippen LogP contribution in [-0.4, -0.2) is 34.2 Å². The van der Waals surface area contributed by atoms with Gasteiger partial charge < -0.3 is 14.4 Å². The van der Waals surface area contributed by atoms with Crippen LogP contribution >= 0.6 is 0 Å². The highest BCUT2D eigenvalue weighted by Crippen LogP contribution is 2.18. The van der Waals surface area contributed by atoms with E-state index in [0.717, 1.165) is 22.3 Å². The van der Waals surface area contributed by atoms with Gasteiger partial charge >= 0.3 is 0 Å². The van der Waals surface area contributed by atoms with E-state index in [-0.39, 0.29) is 12.4 Å². The number of para-hydroxylation sites is 2. The number of ketones is 1. The van der Waals surface area contributed by atoms with Gasteiger partial charge in [-0.25, -0.2) is 4.98 Å². The first kappa shape index (κ1) is 16.9. The molecule has 5 nitrogen and oxygen atoms in total. The number of hydrogen-bond acceptors (Lipinski definition) is 4. The predicted octanol–water partition coefficient (Wildman–Crippen LogP) is 3.32. The third kappa shape index (κ3) is 3.78. The van der Waals surface area contributed by atoms with Gasteiger partial charge in [0, 0.05) is 13.2 Å². The Morgan fingerprint density at radius 2 is 2.08 bits per heavy atom. The average Bonchev–Trinajstić information content (AvgIpc) is 3.03. The maximum absolute atomic E-state index is 12.7. The molecular weight excluding hydrogens is 316 g/mol. The van der Waals surface area contributed by atoms with Gasteiger partial charge in [-0.05, 0) is 42.3 Å². The highest BCUT2D eigenvalue weighted by Gasteiger charge is 2.15. The van der Waals surface area contributed by atoms with Crippen molar-refractivity contribution >= 4 is 22.9 Å². The van der Waals surface area contributed by atoms with E-state index in [1.54, 1.807) is 13.2 Å². The van der Waals surface area contributed by atoms with Gasteiger partial charge in [-0.2, -0.15) is 0 Å². The number of carbonyl (C=O) groups is 1. The molecule has 1 heterocycles. The maximum Gasteiger partial charge on any atom is 0.221 e. The molecule has 3 aromatic rings. The van der Waals surface area contributed by atoms with Gasteiger partial charge in [0.05, 0.1) is 18.1 Å². The molecule has 1 aromatic heterocycles. The molecule has 0 atom stereocenters. The van der Waals surface area contributed by atoms with Crippen LogP contribution in [0, 0.1) is 0 Å². The lowest BCUT2D eigenvalue weighted by atomic mass is 10.2. The van der Waals surface area contributed by atoms with E-state index < -0.39 is 0 Å². The number of hydrogen-bond donors (Lipinski definition) is 1. The van der Waals surface area contributed by atoms with E-state index in [4.69, 9.17) is 9.84 Å². The molecule has 5 heteroatoms. The second-order valence-electron chi connectivity index (χ2n) is 5.63. The zero-order valence-corrected chi connectivity index (χ0v) is 14.1. The zero-order chi connectivity index (χ0) is 17.6. The van der Waals surface area contributed by atoms with E-state index in [0.29, 0.717) is 18.8 Å². The van der Waals surface area contributed by atoms with Crippen LogP contribution in [0.15, 0.2) is 54.6 Å². The monoisotopic (exact) mass is 336 g/mol. The number of aromatic nitrogens is 2. The summed E-state index contributed by atoms with van der Waals surface area (Å²) in [5.41, 5.74) is 2.55. The lowest BCUT2D eigenvalue weighted by Crippen LogP contribution is -2.09. The van der Waals surface area contributed by atoms with Crippen molar-refractivity contribution in [3.63, 3.8) is 0 Å². The first-order chi connectivity index (χ1) is 12.2. The molecule has 0 bridgehead atoms. The zero-order valence-electron chi connectivity index (χ0n) is 14.1. The molecule has 25 heavy (non-hydrogen) atoms. The molecular formula is C20H20N2O3. The molecule has 128 valence electrons. The van der Waals surface area contributed by atoms with E-state index in [1.807, 2.05) is 53.1 Å². The summed E-state index contributed by atoms with van der Waals surface area (Å²) in [5.74, 6) is 0.954. The Labute approximate surface area is 146 Å². The van der Waals surface area contributed by atoms with Crippen molar-refractivity contribution in [2.75, 3.05) is 13.7 Å². The van der Waals surface area contributed by atoms with Crippen LogP contribution in [0.1, 0.15) is 22.6 Å². The van der Waals surface area contributed by atoms with Crippen molar-refractivity contribution in [3.8, 4) is 5.75 Å². The lowest BCUT2D eigenvalue weighted by Gasteiger charge is -2.06. The predicted molar refractivity (Wildman–Crippen MR) is 97.8 cm³/mol. The van der Waals surface area contributed by atoms with Crippen molar-refractivity contribution in [2.45, 2.75) is 13.0 Å². The van der Waals surface area contributed by atoms with Crippen molar-refractivity contribution in [1.29, 1.82) is 0 Å². The van der Waals surface area contributed by atoms with Gasteiger partial charge in [0.15, 0.2) is 5.82 Å². The molecule has 2 aromatic carbocycles. The van der Waals surface area contributed by atoms with Crippen LogP contribution in [0.5, 0.6) is 5.75 Å². The van der Waals surface area contributed by atoms with Crippen molar-refractivity contribution in [1.82, 2.24) is 9.55 Å². The van der Waals surface area contributed by atoms with Crippen LogP contribution in [0.25, 0.3) is 17.1 Å². The maximum atomic E-state index is 12.7. The molecule has 0 saturated heterocycles. The number of benzene rings is 2. The van der Waals surface area contributed by atoms with E-state index in [2.05, 4.69) is 4.98 Å². The Hall–Kier alpha value is -2.92. The van der Waals surface area contributed by atoms with Gasteiger partial charge in [0.2, 0.25) is 5.78 Å². The summed E-state index contributed by atoms with van der Waals surface area (Å²) >= 11 is 0. The van der Waals surface area contributed by atoms with Crippen LogP contribution in [0.3, 0.4) is 0 Å². The minimum Gasteiger partial charge on any atom is -0.497 e. The van der Waals surface area contributed by atoms with Gasteiger partial charge in [0.1, 0.15) is 5.75 Å². The Kier molecular flexibility index (Phi) is 5.26. The summed E-state index contributed by atoms with van der Waals surface area (Å²) in [4.78, 5) is 17.1. The summed E-state index contributed by atoms with van der Waals surface area (Å²) in [5, 5.41) is 9.12. The van der Waals surface area contributed by atoms with E-state index in [9.17, 15) is 4.79 Å². The fraction of sp³-hybridized carbons (Fsp3) is 0.200. The van der Waals surface area contributed by atoms with Gasteiger partial charge in [-0.1, -0.05) is 30.3 Å². The number of aliphatic hydroxyl groups is 1. The first-order valence-corrected chi connectivity index (χ1v) is 8.15. The topological polar surface area (TPSA) is 64.3 Å². The number of aliphatic hydroxyl groups excluding tert-OH is 1. The minimum atomic E-state index is -0.169. The number of ether oxygens (including phenoxy) is 1. The average molecular weight is 336 g/mol. The highest BCUT2D eigenvalue weighted by molar-refractivity contribution is 6.06. The number of aryl methyl sites for hydroxylation is 1. The largest absolute Gasteiger partial charge is 0.497 e. The Morgan fingerprint density at radius 1 is 1.24 bits per heavy atom. The number of allylic oxidation sites excluding steroid dienone is 1. The Morgan fingerprint density at radius 3 is 2.88 bits per heavy atom. The molecule has 0 spiro atoms. The standard InChI is InChI=1S/C20H20N2O3/c1-25-16-7-4-6-15(14-16)10-11-19(24)20-21-17-8-2-3-9-18(17)22(20)12-5-13-23/h2-4,6-11,14,23H,5,12-13H2,1H3/b11-10+. The van der Waals surface area contributed by atoms with Gasteiger partial charge in [-0.15, -0.1) is 0 Å². The normalized spacial score (nSPS) is 11.3. The molecule has 0 saturated carbocycles. The van der Waals surface area contributed by atoms with Crippen LogP contribution in [-0.2, 0) is 6.54 Å². The molecule has 0 aliphatic rings. The molecule has 1 N–H and O–H groups in total. The number of methoxy groups -OCH3 is 1. The van der Waals surface area contributed by atoms with Crippen LogP contribution in [0.4, 0.5) is 0 Å². The van der Waals surface area contributed by atoms with Gasteiger partial charge in [-0.3, -0.25) is 4.79 Å². The Balaban J connectivity index is 1.91. The number of rotatable bonds is 7. The molecule has 3 rings (SSSR count). The molecule has 0 unspecified atom stereocenters. The quantitative estimate of drug-likeness (QED) is 0.531. The number of imidazole rings is 1. The van der Waals surface area contributed by atoms with E-state index >= 15 is 0 Å². The number of nitrogens with zero attached hydrogens (tertiary/aromatic N) is 2. The smallest absolute Gasteiger partial charge is 0.221 e. The second-order valence-corrected chi connectivity index (χ2v) is 5.63. The number of fused-ring (bicyclic) bond motifs is 1. The second kappa shape index (κ2) is 7.77. The Bertz CT molecular complexity index is 912. The van der Waals surface area contributed by atoms with Crippen molar-refractivity contribution in [3.05, 3.63) is 66.0 Å². The third-order valence-electron chi connectivity index (χ3n) is 3.94. The summed E-state index contributed by atoms with van der Waals surface area (Å²) in [6, 6.07) is 15.1. The first-order valence-electron chi connectivity index (χ1n) is 8.15. The van der Waals surface area contributed by atoms with E-state index in [1.165, 1.54) is 6.08 Å². The molecule has 0 aliphatic carbocycles. The fourth-order valence-corrected chi connectivity index (χ4v) is 2.71. The minimum absolute atomic E-state index is 0.0692. The van der Waals surface area contributed by atoms with Crippen molar-refractivity contribution in [2.24, 2.45) is 0 Å². The summed E-state index contributed by atoms with van der Waals surface area (Å²) < 4.78 is 7.06. The molecule has 0 fully saturated rings. The third-order valence-corrected chi connectivity index (χ3v) is 3.94. The van der Waals surface area contributed by atoms with Crippen LogP contribution in [0.2, 0.25) is 0 Å². The highest BCUT2D eigenvalue weighted by atomic mass is 16.5. The van der Waals surface area contributed by atoms with Crippen LogP contribution < -0.4 is 4.74 Å². The molecule has 0 radical (unpaired) electrons. The summed E-state index contributed by atoms with van der Waals surface area (Å²) in [6.07, 6.45) is 3.84. The molecule has 0 amide bonds. The lowest BCUT2D eigenvalue weighted by molar-refractivity contribution is 0.103. The fourth-order valence-electron chi connectivity index (χ4n) is 2.71. The summed E-state index contributed by atoms with van der Waals surface area (Å²) in [6.45, 7) is 0.616. The summed E-state index contributed by atoms with van der Waals surface area (Å²) in [7, 11) is 1.61. The number of carbonyl (C=O) groups excluding carboxylic acids is 1. The van der Waals surface area contributed by atoms with Gasteiger partial charge in [0.25, 0.3) is 0 Å². The molecule has 0 aliphatic heterocycles.